The van der Waals surface area contributed by atoms with Gasteiger partial charge in [0.2, 0.25) is 17.5 Å². The first-order valence-corrected chi connectivity index (χ1v) is 6.38. The summed E-state index contributed by atoms with van der Waals surface area (Å²) in [4.78, 5) is 30.2. The number of anilines is 1. The Morgan fingerprint density at radius 3 is 2.61 bits per heavy atom. The van der Waals surface area contributed by atoms with E-state index in [9.17, 15) is 22.8 Å². The van der Waals surface area contributed by atoms with Gasteiger partial charge >= 0.3 is 6.18 Å². The highest BCUT2D eigenvalue weighted by molar-refractivity contribution is 6.21. The van der Waals surface area contributed by atoms with Gasteiger partial charge < -0.3 is 5.32 Å². The number of nitrogens with zero attached hydrogens (tertiary/aromatic N) is 2. The number of carbonyl (C=O) groups is 2. The molecule has 1 aromatic carbocycles. The number of rotatable bonds is 2. The molecule has 1 aliphatic rings. The highest BCUT2D eigenvalue weighted by Crippen LogP contribution is 2.38. The van der Waals surface area contributed by atoms with Gasteiger partial charge in [-0.3, -0.25) is 9.59 Å². The molecule has 0 fully saturated rings. The molecular formula is C15H8F3N3O2. The monoisotopic (exact) mass is 319 g/mol. The van der Waals surface area contributed by atoms with Crippen molar-refractivity contribution in [2.75, 3.05) is 5.32 Å². The Balaban J connectivity index is 2.05. The van der Waals surface area contributed by atoms with Crippen LogP contribution in [0.15, 0.2) is 37.1 Å². The van der Waals surface area contributed by atoms with Gasteiger partial charge in [0, 0.05) is 23.0 Å². The minimum Gasteiger partial charge on any atom is -0.323 e. The van der Waals surface area contributed by atoms with Crippen LogP contribution in [0.1, 0.15) is 21.9 Å². The van der Waals surface area contributed by atoms with Gasteiger partial charge in [-0.25, -0.2) is 9.97 Å². The van der Waals surface area contributed by atoms with Crippen LogP contribution in [-0.2, 0) is 11.0 Å². The molecule has 1 amide bonds. The number of alkyl halides is 3. The molecule has 23 heavy (non-hydrogen) atoms. The molecule has 1 heterocycles. The molecule has 2 aromatic rings. The smallest absolute Gasteiger partial charge is 0.323 e. The molecule has 5 nitrogen and oxygen atoms in total. The number of halogens is 3. The Morgan fingerprint density at radius 1 is 1.22 bits per heavy atom. The molecule has 0 saturated heterocycles. The normalized spacial score (nSPS) is 12.6. The van der Waals surface area contributed by atoms with Gasteiger partial charge in [-0.05, 0) is 23.8 Å². The summed E-state index contributed by atoms with van der Waals surface area (Å²) in [5.74, 6) is -2.47. The molecule has 1 N–H and O–H groups in total. The zero-order valence-corrected chi connectivity index (χ0v) is 11.4. The first-order valence-electron chi connectivity index (χ1n) is 6.38. The van der Waals surface area contributed by atoms with Crippen LogP contribution in [0.4, 0.5) is 18.9 Å². The average molecular weight is 319 g/mol. The lowest BCUT2D eigenvalue weighted by Gasteiger charge is -2.06. The molecule has 0 saturated carbocycles. The minimum atomic E-state index is -4.73. The van der Waals surface area contributed by atoms with Crippen molar-refractivity contribution in [3.8, 4) is 11.1 Å². The number of fused-ring (bicyclic) bond motifs is 3. The largest absolute Gasteiger partial charge is 0.451 e. The molecular weight excluding hydrogens is 311 g/mol. The topological polar surface area (TPSA) is 72.0 Å². The Bertz CT molecular complexity index is 860. The lowest BCUT2D eigenvalue weighted by molar-refractivity contribution is -0.145. The molecule has 3 rings (SSSR count). The Hall–Kier alpha value is -3.03. The van der Waals surface area contributed by atoms with E-state index in [1.54, 1.807) is 0 Å². The molecule has 0 bridgehead atoms. The fourth-order valence-electron chi connectivity index (χ4n) is 2.25. The first-order chi connectivity index (χ1) is 10.8. The van der Waals surface area contributed by atoms with Crippen LogP contribution in [0, 0.1) is 0 Å². The first kappa shape index (κ1) is 14.9. The summed E-state index contributed by atoms with van der Waals surface area (Å²) < 4.78 is 38.0. The van der Waals surface area contributed by atoms with Crippen LogP contribution in [0.2, 0.25) is 0 Å². The standard InChI is InChI=1S/C15H8F3N3O2/c1-2-11(22)20-7-3-4-8-9(5-7)13(23)12-10(8)6-19-14(21-12)15(16,17)18/h2-6H,1H2,(H,20,22). The summed E-state index contributed by atoms with van der Waals surface area (Å²) in [6.07, 6.45) is -2.69. The van der Waals surface area contributed by atoms with Crippen LogP contribution >= 0.6 is 0 Å². The number of carbonyl (C=O) groups excluding carboxylic acids is 2. The van der Waals surface area contributed by atoms with Gasteiger partial charge in [0.15, 0.2) is 0 Å². The van der Waals surface area contributed by atoms with Gasteiger partial charge in [0.05, 0.1) is 0 Å². The van der Waals surface area contributed by atoms with Crippen LogP contribution in [0.5, 0.6) is 0 Å². The quantitative estimate of drug-likeness (QED) is 0.737. The van der Waals surface area contributed by atoms with Crippen molar-refractivity contribution in [2.45, 2.75) is 6.18 Å². The van der Waals surface area contributed by atoms with Gasteiger partial charge in [0.25, 0.3) is 0 Å². The van der Waals surface area contributed by atoms with E-state index >= 15 is 0 Å². The molecule has 0 radical (unpaired) electrons. The Kier molecular flexibility index (Phi) is 3.24. The Morgan fingerprint density at radius 2 is 1.96 bits per heavy atom. The molecule has 1 aromatic heterocycles. The van der Waals surface area contributed by atoms with E-state index in [0.717, 1.165) is 12.3 Å². The highest BCUT2D eigenvalue weighted by Gasteiger charge is 2.38. The fraction of sp³-hybridized carbons (Fsp3) is 0.0667. The van der Waals surface area contributed by atoms with E-state index in [4.69, 9.17) is 0 Å². The molecule has 0 aliphatic heterocycles. The van der Waals surface area contributed by atoms with Crippen LogP contribution in [-0.4, -0.2) is 21.7 Å². The average Bonchev–Trinajstić information content (AvgIpc) is 2.79. The van der Waals surface area contributed by atoms with E-state index in [2.05, 4.69) is 21.9 Å². The van der Waals surface area contributed by atoms with Gasteiger partial charge in [-0.15, -0.1) is 0 Å². The molecule has 8 heteroatoms. The van der Waals surface area contributed by atoms with Crippen molar-refractivity contribution >= 4 is 17.4 Å². The zero-order valence-electron chi connectivity index (χ0n) is 11.4. The summed E-state index contributed by atoms with van der Waals surface area (Å²) in [6.45, 7) is 3.31. The summed E-state index contributed by atoms with van der Waals surface area (Å²) in [5.41, 5.74) is 0.860. The number of benzene rings is 1. The maximum absolute atomic E-state index is 12.7. The number of amides is 1. The summed E-state index contributed by atoms with van der Waals surface area (Å²) in [5, 5.41) is 2.48. The van der Waals surface area contributed by atoms with Crippen LogP contribution in [0.3, 0.4) is 0 Å². The lowest BCUT2D eigenvalue weighted by Crippen LogP contribution is -2.13. The summed E-state index contributed by atoms with van der Waals surface area (Å²) in [7, 11) is 0. The number of hydrogen-bond donors (Lipinski definition) is 1. The van der Waals surface area contributed by atoms with Crippen molar-refractivity contribution < 1.29 is 22.8 Å². The second-order valence-corrected chi connectivity index (χ2v) is 4.74. The second-order valence-electron chi connectivity index (χ2n) is 4.74. The summed E-state index contributed by atoms with van der Waals surface area (Å²) >= 11 is 0. The van der Waals surface area contributed by atoms with Crippen molar-refractivity contribution in [2.24, 2.45) is 0 Å². The van der Waals surface area contributed by atoms with Crippen LogP contribution < -0.4 is 5.32 Å². The van der Waals surface area contributed by atoms with E-state index in [1.165, 1.54) is 18.2 Å². The SMILES string of the molecule is C=CC(=O)Nc1ccc2c(c1)C(=O)c1nc(C(F)(F)F)ncc1-2. The highest BCUT2D eigenvalue weighted by atomic mass is 19.4. The van der Waals surface area contributed by atoms with Gasteiger partial charge in [-0.1, -0.05) is 12.6 Å². The molecule has 0 unspecified atom stereocenters. The van der Waals surface area contributed by atoms with Crippen LogP contribution in [0.25, 0.3) is 11.1 Å². The zero-order chi connectivity index (χ0) is 16.8. The number of aromatic nitrogens is 2. The number of ketones is 1. The van der Waals surface area contributed by atoms with Gasteiger partial charge in [0.1, 0.15) is 5.69 Å². The van der Waals surface area contributed by atoms with E-state index in [0.29, 0.717) is 11.3 Å². The molecule has 0 atom stereocenters. The van der Waals surface area contributed by atoms with Crippen molar-refractivity contribution in [1.82, 2.24) is 9.97 Å². The Labute approximate surface area is 127 Å². The van der Waals surface area contributed by atoms with Crippen molar-refractivity contribution in [3.63, 3.8) is 0 Å². The fourth-order valence-corrected chi connectivity index (χ4v) is 2.25. The third-order valence-corrected chi connectivity index (χ3v) is 3.26. The predicted molar refractivity (Wildman–Crippen MR) is 74.7 cm³/mol. The minimum absolute atomic E-state index is 0.162. The maximum Gasteiger partial charge on any atom is 0.451 e. The third kappa shape index (κ3) is 2.48. The number of nitrogens with one attached hydrogen (secondary N) is 1. The lowest BCUT2D eigenvalue weighted by atomic mass is 10.1. The maximum atomic E-state index is 12.7. The summed E-state index contributed by atoms with van der Waals surface area (Å²) in [6, 6.07) is 4.43. The van der Waals surface area contributed by atoms with Crippen molar-refractivity contribution in [3.05, 3.63) is 54.1 Å². The van der Waals surface area contributed by atoms with E-state index in [1.807, 2.05) is 0 Å². The van der Waals surface area contributed by atoms with Gasteiger partial charge in [-0.2, -0.15) is 13.2 Å². The third-order valence-electron chi connectivity index (χ3n) is 3.26. The number of hydrogen-bond acceptors (Lipinski definition) is 4. The van der Waals surface area contributed by atoms with E-state index in [-0.39, 0.29) is 16.8 Å². The molecule has 1 aliphatic carbocycles. The van der Waals surface area contributed by atoms with Crippen molar-refractivity contribution in [1.29, 1.82) is 0 Å². The molecule has 0 spiro atoms. The van der Waals surface area contributed by atoms with E-state index < -0.39 is 23.7 Å². The molecule has 116 valence electrons. The predicted octanol–water partition coefficient (Wildman–Crippen LogP) is 2.83. The second kappa shape index (κ2) is 5.01.